The number of nitrogens with zero attached hydrogens (tertiary/aromatic N) is 2. The number of rotatable bonds is 6. The van der Waals surface area contributed by atoms with Crippen molar-refractivity contribution in [3.05, 3.63) is 24.3 Å². The fourth-order valence-electron chi connectivity index (χ4n) is 2.96. The van der Waals surface area contributed by atoms with E-state index in [0.717, 1.165) is 37.1 Å². The van der Waals surface area contributed by atoms with E-state index >= 15 is 0 Å². The SMILES string of the molecule is CCCCC(=O)N1CCC(C(=O)Nc2ccc(N(C)C)cc2)CC1. The van der Waals surface area contributed by atoms with E-state index in [1.807, 2.05) is 48.2 Å². The van der Waals surface area contributed by atoms with Crippen molar-refractivity contribution in [3.8, 4) is 0 Å². The lowest BCUT2D eigenvalue weighted by Crippen LogP contribution is -2.41. The molecule has 24 heavy (non-hydrogen) atoms. The molecule has 0 unspecified atom stereocenters. The molecule has 132 valence electrons. The van der Waals surface area contributed by atoms with Crippen molar-refractivity contribution < 1.29 is 9.59 Å². The van der Waals surface area contributed by atoms with Crippen LogP contribution in [-0.2, 0) is 9.59 Å². The maximum absolute atomic E-state index is 12.4. The van der Waals surface area contributed by atoms with Crippen LogP contribution in [0.5, 0.6) is 0 Å². The molecule has 0 atom stereocenters. The smallest absolute Gasteiger partial charge is 0.227 e. The first-order valence-corrected chi connectivity index (χ1v) is 8.87. The van der Waals surface area contributed by atoms with Crippen LogP contribution in [-0.4, -0.2) is 43.9 Å². The molecule has 1 aromatic carbocycles. The molecule has 1 aliphatic heterocycles. The van der Waals surface area contributed by atoms with Gasteiger partial charge in [0.15, 0.2) is 0 Å². The minimum atomic E-state index is -0.00579. The largest absolute Gasteiger partial charge is 0.378 e. The summed E-state index contributed by atoms with van der Waals surface area (Å²) in [5.41, 5.74) is 1.93. The van der Waals surface area contributed by atoms with Crippen molar-refractivity contribution in [3.63, 3.8) is 0 Å². The highest BCUT2D eigenvalue weighted by Gasteiger charge is 2.27. The van der Waals surface area contributed by atoms with Gasteiger partial charge in [0.1, 0.15) is 0 Å². The fraction of sp³-hybridized carbons (Fsp3) is 0.579. The van der Waals surface area contributed by atoms with Gasteiger partial charge >= 0.3 is 0 Å². The Hall–Kier alpha value is -2.04. The maximum Gasteiger partial charge on any atom is 0.227 e. The molecular weight excluding hydrogens is 302 g/mol. The van der Waals surface area contributed by atoms with E-state index in [1.54, 1.807) is 0 Å². The van der Waals surface area contributed by atoms with Gasteiger partial charge in [0, 0.05) is 50.9 Å². The number of hydrogen-bond acceptors (Lipinski definition) is 3. The molecule has 1 saturated heterocycles. The molecule has 2 rings (SSSR count). The Morgan fingerprint density at radius 2 is 1.79 bits per heavy atom. The Bertz CT molecular complexity index is 546. The third kappa shape index (κ3) is 4.98. The molecule has 1 aromatic rings. The Morgan fingerprint density at radius 3 is 2.33 bits per heavy atom. The molecule has 1 N–H and O–H groups in total. The number of amides is 2. The van der Waals surface area contributed by atoms with Crippen LogP contribution in [0.2, 0.25) is 0 Å². The molecule has 5 nitrogen and oxygen atoms in total. The van der Waals surface area contributed by atoms with Crippen LogP contribution >= 0.6 is 0 Å². The lowest BCUT2D eigenvalue weighted by atomic mass is 9.95. The van der Waals surface area contributed by atoms with Gasteiger partial charge in [-0.3, -0.25) is 9.59 Å². The van der Waals surface area contributed by atoms with E-state index in [-0.39, 0.29) is 17.7 Å². The van der Waals surface area contributed by atoms with Crippen LogP contribution in [0.25, 0.3) is 0 Å². The summed E-state index contributed by atoms with van der Waals surface area (Å²) in [6, 6.07) is 7.84. The summed E-state index contributed by atoms with van der Waals surface area (Å²) >= 11 is 0. The number of benzene rings is 1. The number of nitrogens with one attached hydrogen (secondary N) is 1. The third-order valence-corrected chi connectivity index (χ3v) is 4.61. The number of unbranched alkanes of at least 4 members (excludes halogenated alkanes) is 1. The van der Waals surface area contributed by atoms with Crippen molar-refractivity contribution >= 4 is 23.2 Å². The normalized spacial score (nSPS) is 15.2. The van der Waals surface area contributed by atoms with Crippen molar-refractivity contribution in [2.24, 2.45) is 5.92 Å². The zero-order chi connectivity index (χ0) is 17.5. The second-order valence-electron chi connectivity index (χ2n) is 6.69. The number of hydrogen-bond donors (Lipinski definition) is 1. The second kappa shape index (κ2) is 8.71. The van der Waals surface area contributed by atoms with Crippen molar-refractivity contribution in [2.75, 3.05) is 37.4 Å². The lowest BCUT2D eigenvalue weighted by Gasteiger charge is -2.31. The highest BCUT2D eigenvalue weighted by Crippen LogP contribution is 2.21. The molecule has 1 fully saturated rings. The summed E-state index contributed by atoms with van der Waals surface area (Å²) in [6.07, 6.45) is 4.12. The van der Waals surface area contributed by atoms with Gasteiger partial charge in [-0.15, -0.1) is 0 Å². The molecule has 0 saturated carbocycles. The van der Waals surface area contributed by atoms with Gasteiger partial charge in [-0.1, -0.05) is 13.3 Å². The zero-order valence-corrected chi connectivity index (χ0v) is 15.0. The van der Waals surface area contributed by atoms with Crippen LogP contribution in [0.15, 0.2) is 24.3 Å². The molecule has 0 aromatic heterocycles. The summed E-state index contributed by atoms with van der Waals surface area (Å²) in [5, 5.41) is 3.00. The molecule has 0 spiro atoms. The molecule has 1 heterocycles. The molecular formula is C19H29N3O2. The van der Waals surface area contributed by atoms with E-state index in [1.165, 1.54) is 0 Å². The summed E-state index contributed by atoms with van der Waals surface area (Å²) in [6.45, 7) is 3.48. The first-order valence-electron chi connectivity index (χ1n) is 8.87. The average molecular weight is 331 g/mol. The van der Waals surface area contributed by atoms with E-state index in [4.69, 9.17) is 0 Å². The van der Waals surface area contributed by atoms with Gasteiger partial charge in [0.25, 0.3) is 0 Å². The molecule has 0 radical (unpaired) electrons. The van der Waals surface area contributed by atoms with Gasteiger partial charge in [-0.2, -0.15) is 0 Å². The van der Waals surface area contributed by atoms with Gasteiger partial charge in [0.2, 0.25) is 11.8 Å². The summed E-state index contributed by atoms with van der Waals surface area (Å²) < 4.78 is 0. The average Bonchev–Trinajstić information content (AvgIpc) is 2.60. The molecule has 2 amide bonds. The monoisotopic (exact) mass is 331 g/mol. The van der Waals surface area contributed by atoms with E-state index in [9.17, 15) is 9.59 Å². The summed E-state index contributed by atoms with van der Waals surface area (Å²) in [4.78, 5) is 28.4. The molecule has 5 heteroatoms. The minimum Gasteiger partial charge on any atom is -0.378 e. The fourth-order valence-corrected chi connectivity index (χ4v) is 2.96. The van der Waals surface area contributed by atoms with E-state index in [0.29, 0.717) is 19.5 Å². The number of likely N-dealkylation sites (tertiary alicyclic amines) is 1. The topological polar surface area (TPSA) is 52.7 Å². The van der Waals surface area contributed by atoms with E-state index in [2.05, 4.69) is 12.2 Å². The Kier molecular flexibility index (Phi) is 6.64. The highest BCUT2D eigenvalue weighted by atomic mass is 16.2. The predicted molar refractivity (Wildman–Crippen MR) is 98.2 cm³/mol. The van der Waals surface area contributed by atoms with Crippen molar-refractivity contribution in [1.29, 1.82) is 0 Å². The number of carbonyl (C=O) groups excluding carboxylic acids is 2. The maximum atomic E-state index is 12.4. The van der Waals surface area contributed by atoms with Crippen LogP contribution in [0.3, 0.4) is 0 Å². The van der Waals surface area contributed by atoms with Crippen molar-refractivity contribution in [1.82, 2.24) is 4.90 Å². The molecule has 1 aliphatic rings. The Morgan fingerprint density at radius 1 is 1.17 bits per heavy atom. The van der Waals surface area contributed by atoms with Crippen molar-refractivity contribution in [2.45, 2.75) is 39.0 Å². The predicted octanol–water partition coefficient (Wildman–Crippen LogP) is 3.12. The lowest BCUT2D eigenvalue weighted by molar-refractivity contribution is -0.134. The molecule has 0 bridgehead atoms. The Balaban J connectivity index is 1.81. The quantitative estimate of drug-likeness (QED) is 0.871. The minimum absolute atomic E-state index is 0.00579. The number of carbonyl (C=O) groups is 2. The van der Waals surface area contributed by atoms with Gasteiger partial charge < -0.3 is 15.1 Å². The first-order chi connectivity index (χ1) is 11.5. The highest BCUT2D eigenvalue weighted by molar-refractivity contribution is 5.93. The van der Waals surface area contributed by atoms with E-state index < -0.39 is 0 Å². The van der Waals surface area contributed by atoms with Gasteiger partial charge in [0.05, 0.1) is 0 Å². The number of anilines is 2. The third-order valence-electron chi connectivity index (χ3n) is 4.61. The van der Waals surface area contributed by atoms with Crippen LogP contribution in [0.1, 0.15) is 39.0 Å². The number of piperidine rings is 1. The second-order valence-corrected chi connectivity index (χ2v) is 6.69. The van der Waals surface area contributed by atoms with Crippen LogP contribution in [0.4, 0.5) is 11.4 Å². The summed E-state index contributed by atoms with van der Waals surface area (Å²) in [7, 11) is 3.98. The van der Waals surface area contributed by atoms with Crippen LogP contribution in [0, 0.1) is 5.92 Å². The van der Waals surface area contributed by atoms with Gasteiger partial charge in [-0.05, 0) is 43.5 Å². The Labute approximate surface area is 145 Å². The zero-order valence-electron chi connectivity index (χ0n) is 15.0. The van der Waals surface area contributed by atoms with Crippen LogP contribution < -0.4 is 10.2 Å². The first kappa shape index (κ1) is 18.3. The summed E-state index contributed by atoms with van der Waals surface area (Å²) in [5.74, 6) is 0.289. The standard InChI is InChI=1S/C19H29N3O2/c1-4-5-6-18(23)22-13-11-15(12-14-22)19(24)20-16-7-9-17(10-8-16)21(2)3/h7-10,15H,4-6,11-14H2,1-3H3,(H,20,24). The van der Waals surface area contributed by atoms with Gasteiger partial charge in [-0.25, -0.2) is 0 Å². The molecule has 0 aliphatic carbocycles.